The lowest BCUT2D eigenvalue weighted by molar-refractivity contribution is -0.123. The van der Waals surface area contributed by atoms with Crippen LogP contribution >= 0.6 is 0 Å². The number of nitrogens with zero attached hydrogens (tertiary/aromatic N) is 2. The Balaban J connectivity index is 1.82. The van der Waals surface area contributed by atoms with Crippen LogP contribution in [0.3, 0.4) is 0 Å². The maximum absolute atomic E-state index is 12.2. The average Bonchev–Trinajstić information content (AvgIpc) is 3.24. The van der Waals surface area contributed by atoms with Crippen LogP contribution in [0.15, 0.2) is 0 Å². The minimum Gasteiger partial charge on any atom is -0.337 e. The van der Waals surface area contributed by atoms with E-state index < -0.39 is 5.54 Å². The van der Waals surface area contributed by atoms with E-state index in [4.69, 9.17) is 0 Å². The Labute approximate surface area is 122 Å². The Bertz CT molecular complexity index is 378. The molecule has 0 bridgehead atoms. The molecule has 2 aliphatic carbocycles. The second kappa shape index (κ2) is 6.58. The lowest BCUT2D eigenvalue weighted by Gasteiger charge is -2.29. The highest BCUT2D eigenvalue weighted by molar-refractivity contribution is 5.79. The van der Waals surface area contributed by atoms with E-state index in [1.165, 1.54) is 38.5 Å². The summed E-state index contributed by atoms with van der Waals surface area (Å²) in [4.78, 5) is 14.4. The minimum atomic E-state index is -0.665. The van der Waals surface area contributed by atoms with Crippen LogP contribution in [-0.4, -0.2) is 36.0 Å². The minimum absolute atomic E-state index is 0.00676. The highest BCUT2D eigenvalue weighted by Crippen LogP contribution is 2.39. The van der Waals surface area contributed by atoms with Gasteiger partial charge in [-0.1, -0.05) is 25.7 Å². The number of hydrogen-bond donors (Lipinski definition) is 1. The summed E-state index contributed by atoms with van der Waals surface area (Å²) < 4.78 is 0. The van der Waals surface area contributed by atoms with Crippen molar-refractivity contribution in [1.29, 1.82) is 5.26 Å². The third kappa shape index (κ3) is 3.96. The lowest BCUT2D eigenvalue weighted by atomic mass is 9.98. The molecule has 112 valence electrons. The first kappa shape index (κ1) is 15.3. The van der Waals surface area contributed by atoms with Crippen molar-refractivity contribution in [3.8, 4) is 6.07 Å². The van der Waals surface area contributed by atoms with Gasteiger partial charge in [0.1, 0.15) is 5.54 Å². The fourth-order valence-electron chi connectivity index (χ4n) is 3.27. The number of rotatable bonds is 5. The third-order valence-electron chi connectivity index (χ3n) is 4.87. The first-order chi connectivity index (χ1) is 9.55. The van der Waals surface area contributed by atoms with Crippen LogP contribution in [0, 0.1) is 17.2 Å². The summed E-state index contributed by atoms with van der Waals surface area (Å²) >= 11 is 0. The van der Waals surface area contributed by atoms with Crippen molar-refractivity contribution < 1.29 is 4.79 Å². The van der Waals surface area contributed by atoms with Crippen molar-refractivity contribution >= 4 is 5.91 Å². The van der Waals surface area contributed by atoms with Gasteiger partial charge in [-0.25, -0.2) is 0 Å². The Kier molecular flexibility index (Phi) is 5.04. The summed E-state index contributed by atoms with van der Waals surface area (Å²) in [6.45, 7) is 2.27. The highest BCUT2D eigenvalue weighted by atomic mass is 16.2. The van der Waals surface area contributed by atoms with E-state index in [0.717, 1.165) is 12.8 Å². The van der Waals surface area contributed by atoms with Crippen LogP contribution < -0.4 is 5.32 Å². The smallest absolute Gasteiger partial charge is 0.235 e. The van der Waals surface area contributed by atoms with Gasteiger partial charge in [0.15, 0.2) is 0 Å². The van der Waals surface area contributed by atoms with Gasteiger partial charge in [-0.3, -0.25) is 9.69 Å². The molecular formula is C16H27N3O. The zero-order valence-electron chi connectivity index (χ0n) is 12.8. The fourth-order valence-corrected chi connectivity index (χ4v) is 3.27. The van der Waals surface area contributed by atoms with E-state index in [9.17, 15) is 10.1 Å². The molecule has 0 aromatic rings. The molecule has 0 aromatic carbocycles. The van der Waals surface area contributed by atoms with E-state index in [1.807, 2.05) is 14.0 Å². The van der Waals surface area contributed by atoms with Crippen LogP contribution in [0.1, 0.15) is 58.3 Å². The predicted octanol–water partition coefficient (Wildman–Crippen LogP) is 2.45. The largest absolute Gasteiger partial charge is 0.337 e. The van der Waals surface area contributed by atoms with Gasteiger partial charge in [-0.2, -0.15) is 5.26 Å². The molecule has 0 aromatic heterocycles. The summed E-state index contributed by atoms with van der Waals surface area (Å²) in [5.41, 5.74) is -0.665. The molecule has 2 fully saturated rings. The number of carbonyl (C=O) groups excluding carboxylic acids is 1. The Hall–Kier alpha value is -1.08. The molecule has 0 aliphatic heterocycles. The van der Waals surface area contributed by atoms with Crippen LogP contribution in [0.2, 0.25) is 0 Å². The summed E-state index contributed by atoms with van der Waals surface area (Å²) in [5, 5.41) is 12.2. The van der Waals surface area contributed by atoms with E-state index in [0.29, 0.717) is 18.5 Å². The topological polar surface area (TPSA) is 56.1 Å². The van der Waals surface area contributed by atoms with E-state index >= 15 is 0 Å². The molecule has 2 rings (SSSR count). The number of likely N-dealkylation sites (N-methyl/N-ethyl adjacent to an activating group) is 1. The van der Waals surface area contributed by atoms with Gasteiger partial charge in [-0.05, 0) is 45.6 Å². The standard InChI is InChI=1S/C16H27N3O/c1-16(12-17,13-9-10-13)18-15(20)11-19(2)14-7-5-3-4-6-8-14/h13-14H,3-11H2,1-2H3,(H,18,20)/t16-/m0/s1. The number of amides is 1. The van der Waals surface area contributed by atoms with Crippen LogP contribution in [0.4, 0.5) is 0 Å². The zero-order chi connectivity index (χ0) is 14.6. The molecule has 1 atom stereocenters. The third-order valence-corrected chi connectivity index (χ3v) is 4.87. The maximum Gasteiger partial charge on any atom is 0.235 e. The number of carbonyl (C=O) groups is 1. The van der Waals surface area contributed by atoms with Crippen LogP contribution in [-0.2, 0) is 4.79 Å². The summed E-state index contributed by atoms with van der Waals surface area (Å²) in [6, 6.07) is 2.81. The lowest BCUT2D eigenvalue weighted by Crippen LogP contribution is -2.50. The van der Waals surface area contributed by atoms with Crippen molar-refractivity contribution in [2.24, 2.45) is 5.92 Å². The Morgan fingerprint density at radius 3 is 2.35 bits per heavy atom. The molecule has 0 heterocycles. The van der Waals surface area contributed by atoms with E-state index in [1.54, 1.807) is 0 Å². The summed E-state index contributed by atoms with van der Waals surface area (Å²) in [6.07, 6.45) is 9.70. The maximum atomic E-state index is 12.2. The zero-order valence-corrected chi connectivity index (χ0v) is 12.8. The monoisotopic (exact) mass is 277 g/mol. The highest BCUT2D eigenvalue weighted by Gasteiger charge is 2.43. The molecule has 4 heteroatoms. The predicted molar refractivity (Wildman–Crippen MR) is 79.0 cm³/mol. The molecule has 0 unspecified atom stereocenters. The molecule has 20 heavy (non-hydrogen) atoms. The molecular weight excluding hydrogens is 250 g/mol. The molecule has 0 radical (unpaired) electrons. The van der Waals surface area contributed by atoms with Crippen molar-refractivity contribution in [2.45, 2.75) is 69.9 Å². The van der Waals surface area contributed by atoms with Crippen molar-refractivity contribution in [2.75, 3.05) is 13.6 Å². The SMILES string of the molecule is CN(CC(=O)N[C@@](C)(C#N)C1CC1)C1CCCCCC1. The number of nitrogens with one attached hydrogen (secondary N) is 1. The van der Waals surface area contributed by atoms with Crippen molar-refractivity contribution in [3.05, 3.63) is 0 Å². The summed E-state index contributed by atoms with van der Waals surface area (Å²) in [5.74, 6) is 0.340. The normalized spacial score (nSPS) is 23.7. The molecule has 2 aliphatic rings. The van der Waals surface area contributed by atoms with Gasteiger partial charge in [0.2, 0.25) is 5.91 Å². The molecule has 1 amide bonds. The number of nitriles is 1. The van der Waals surface area contributed by atoms with Crippen LogP contribution in [0.5, 0.6) is 0 Å². The molecule has 0 saturated heterocycles. The molecule has 0 spiro atoms. The average molecular weight is 277 g/mol. The quantitative estimate of drug-likeness (QED) is 0.785. The Morgan fingerprint density at radius 2 is 1.85 bits per heavy atom. The van der Waals surface area contributed by atoms with Gasteiger partial charge in [-0.15, -0.1) is 0 Å². The van der Waals surface area contributed by atoms with E-state index in [2.05, 4.69) is 16.3 Å². The molecule has 2 saturated carbocycles. The molecule has 1 N–H and O–H groups in total. The van der Waals surface area contributed by atoms with Crippen LogP contribution in [0.25, 0.3) is 0 Å². The fraction of sp³-hybridized carbons (Fsp3) is 0.875. The Morgan fingerprint density at radius 1 is 1.25 bits per heavy atom. The van der Waals surface area contributed by atoms with Gasteiger partial charge in [0.25, 0.3) is 0 Å². The second-order valence-corrected chi connectivity index (χ2v) is 6.70. The van der Waals surface area contributed by atoms with Crippen molar-refractivity contribution in [3.63, 3.8) is 0 Å². The first-order valence-electron chi connectivity index (χ1n) is 7.97. The van der Waals surface area contributed by atoms with Gasteiger partial charge in [0, 0.05) is 6.04 Å². The van der Waals surface area contributed by atoms with Crippen molar-refractivity contribution in [1.82, 2.24) is 10.2 Å². The van der Waals surface area contributed by atoms with E-state index in [-0.39, 0.29) is 5.91 Å². The number of hydrogen-bond acceptors (Lipinski definition) is 3. The van der Waals surface area contributed by atoms with Gasteiger partial charge < -0.3 is 5.32 Å². The van der Waals surface area contributed by atoms with Gasteiger partial charge in [0.05, 0.1) is 12.6 Å². The second-order valence-electron chi connectivity index (χ2n) is 6.70. The summed E-state index contributed by atoms with van der Waals surface area (Å²) in [7, 11) is 2.04. The molecule has 4 nitrogen and oxygen atoms in total. The van der Waals surface area contributed by atoms with Gasteiger partial charge >= 0.3 is 0 Å². The first-order valence-corrected chi connectivity index (χ1v) is 7.97.